The first kappa shape index (κ1) is 14.6. The third-order valence-electron chi connectivity index (χ3n) is 3.28. The van der Waals surface area contributed by atoms with E-state index in [1.807, 2.05) is 0 Å². The second-order valence-corrected chi connectivity index (χ2v) is 4.84. The van der Waals surface area contributed by atoms with Crippen LogP contribution in [0.4, 0.5) is 13.2 Å². The number of ketones is 1. The van der Waals surface area contributed by atoms with Crippen LogP contribution in [0.2, 0.25) is 0 Å². The van der Waals surface area contributed by atoms with Crippen molar-refractivity contribution in [1.29, 1.82) is 0 Å². The highest BCUT2D eigenvalue weighted by atomic mass is 19.2. The van der Waals surface area contributed by atoms with Crippen molar-refractivity contribution in [3.8, 4) is 0 Å². The molecular formula is C14H14F3NO2. The highest BCUT2D eigenvalue weighted by Gasteiger charge is 2.21. The molecule has 108 valence electrons. The lowest BCUT2D eigenvalue weighted by Crippen LogP contribution is -2.29. The molecule has 0 bridgehead atoms. The van der Waals surface area contributed by atoms with E-state index < -0.39 is 29.7 Å². The van der Waals surface area contributed by atoms with E-state index in [2.05, 4.69) is 0 Å². The Labute approximate surface area is 114 Å². The molecule has 0 aromatic heterocycles. The zero-order valence-corrected chi connectivity index (χ0v) is 10.8. The lowest BCUT2D eigenvalue weighted by molar-refractivity contribution is -0.134. The van der Waals surface area contributed by atoms with E-state index in [-0.39, 0.29) is 17.9 Å². The van der Waals surface area contributed by atoms with E-state index in [1.165, 1.54) is 0 Å². The van der Waals surface area contributed by atoms with Crippen LogP contribution in [0.3, 0.4) is 0 Å². The molecule has 0 unspecified atom stereocenters. The SMILES string of the molecule is O=C(CC(=O)N1CCCC1)Cc1cc(F)c(F)cc1F. The maximum absolute atomic E-state index is 13.4. The number of carbonyl (C=O) groups excluding carboxylic acids is 2. The Bertz CT molecular complexity index is 539. The zero-order chi connectivity index (χ0) is 14.7. The number of carbonyl (C=O) groups is 2. The van der Waals surface area contributed by atoms with Crippen molar-refractivity contribution in [1.82, 2.24) is 4.90 Å². The van der Waals surface area contributed by atoms with Gasteiger partial charge in [0.25, 0.3) is 0 Å². The first-order valence-electron chi connectivity index (χ1n) is 6.40. The van der Waals surface area contributed by atoms with Gasteiger partial charge in [0.1, 0.15) is 11.6 Å². The highest BCUT2D eigenvalue weighted by Crippen LogP contribution is 2.16. The fourth-order valence-electron chi connectivity index (χ4n) is 2.22. The van der Waals surface area contributed by atoms with E-state index in [0.717, 1.165) is 12.8 Å². The minimum atomic E-state index is -1.30. The molecule has 20 heavy (non-hydrogen) atoms. The average molecular weight is 285 g/mol. The lowest BCUT2D eigenvalue weighted by atomic mass is 10.1. The number of likely N-dealkylation sites (tertiary alicyclic amines) is 1. The molecule has 0 radical (unpaired) electrons. The van der Waals surface area contributed by atoms with E-state index in [1.54, 1.807) is 4.90 Å². The van der Waals surface area contributed by atoms with Crippen LogP contribution in [0.15, 0.2) is 12.1 Å². The van der Waals surface area contributed by atoms with Crippen molar-refractivity contribution >= 4 is 11.7 Å². The Morgan fingerprint density at radius 1 is 1.00 bits per heavy atom. The number of Topliss-reactive ketones (excluding diaryl/α,β-unsaturated/α-hetero) is 1. The van der Waals surface area contributed by atoms with E-state index in [9.17, 15) is 22.8 Å². The van der Waals surface area contributed by atoms with Gasteiger partial charge in [-0.05, 0) is 24.5 Å². The summed E-state index contributed by atoms with van der Waals surface area (Å²) in [6, 6.07) is 1.06. The maximum Gasteiger partial charge on any atom is 0.230 e. The summed E-state index contributed by atoms with van der Waals surface area (Å²) in [5.74, 6) is -4.29. The molecule has 0 N–H and O–H groups in total. The minimum Gasteiger partial charge on any atom is -0.342 e. The Morgan fingerprint density at radius 2 is 1.60 bits per heavy atom. The summed E-state index contributed by atoms with van der Waals surface area (Å²) in [4.78, 5) is 25.0. The van der Waals surface area contributed by atoms with Gasteiger partial charge in [-0.25, -0.2) is 13.2 Å². The number of halogens is 3. The number of amides is 1. The maximum atomic E-state index is 13.4. The van der Waals surface area contributed by atoms with Crippen LogP contribution >= 0.6 is 0 Å². The number of rotatable bonds is 4. The molecule has 1 heterocycles. The van der Waals surface area contributed by atoms with Gasteiger partial charge in [-0.1, -0.05) is 0 Å². The van der Waals surface area contributed by atoms with E-state index >= 15 is 0 Å². The summed E-state index contributed by atoms with van der Waals surface area (Å²) in [5, 5.41) is 0. The first-order chi connectivity index (χ1) is 9.47. The van der Waals surface area contributed by atoms with Gasteiger partial charge in [0, 0.05) is 25.6 Å². The topological polar surface area (TPSA) is 37.4 Å². The Hall–Kier alpha value is -1.85. The Balaban J connectivity index is 1.97. The van der Waals surface area contributed by atoms with Crippen molar-refractivity contribution < 1.29 is 22.8 Å². The summed E-state index contributed by atoms with van der Waals surface area (Å²) in [5.41, 5.74) is -0.233. The molecule has 1 aliphatic heterocycles. The number of hydrogen-bond donors (Lipinski definition) is 0. The van der Waals surface area contributed by atoms with Gasteiger partial charge in [-0.3, -0.25) is 9.59 Å². The Morgan fingerprint density at radius 3 is 2.25 bits per heavy atom. The van der Waals surface area contributed by atoms with Gasteiger partial charge >= 0.3 is 0 Å². The van der Waals surface area contributed by atoms with Crippen molar-refractivity contribution in [3.05, 3.63) is 35.1 Å². The van der Waals surface area contributed by atoms with Crippen LogP contribution in [-0.2, 0) is 16.0 Å². The van der Waals surface area contributed by atoms with Gasteiger partial charge in [0.05, 0.1) is 6.42 Å². The molecule has 0 aliphatic carbocycles. The van der Waals surface area contributed by atoms with Crippen molar-refractivity contribution in [2.45, 2.75) is 25.7 Å². The molecule has 1 amide bonds. The number of hydrogen-bond acceptors (Lipinski definition) is 2. The summed E-state index contributed by atoms with van der Waals surface area (Å²) in [6.07, 6.45) is 1.08. The summed E-state index contributed by atoms with van der Waals surface area (Å²) >= 11 is 0. The van der Waals surface area contributed by atoms with Gasteiger partial charge in [-0.2, -0.15) is 0 Å². The van der Waals surface area contributed by atoms with Crippen LogP contribution in [0.5, 0.6) is 0 Å². The van der Waals surface area contributed by atoms with Crippen LogP contribution in [0.1, 0.15) is 24.8 Å². The smallest absolute Gasteiger partial charge is 0.230 e. The van der Waals surface area contributed by atoms with Crippen molar-refractivity contribution in [2.75, 3.05) is 13.1 Å². The molecule has 1 aliphatic rings. The fourth-order valence-corrected chi connectivity index (χ4v) is 2.22. The first-order valence-corrected chi connectivity index (χ1v) is 6.40. The number of nitrogens with zero attached hydrogens (tertiary/aromatic N) is 1. The third-order valence-corrected chi connectivity index (χ3v) is 3.28. The molecule has 1 saturated heterocycles. The molecular weight excluding hydrogens is 271 g/mol. The summed E-state index contributed by atoms with van der Waals surface area (Å²) < 4.78 is 39.1. The van der Waals surface area contributed by atoms with E-state index in [0.29, 0.717) is 25.2 Å². The van der Waals surface area contributed by atoms with E-state index in [4.69, 9.17) is 0 Å². The molecule has 1 aromatic carbocycles. The molecule has 3 nitrogen and oxygen atoms in total. The van der Waals surface area contributed by atoms with Gasteiger partial charge in [0.2, 0.25) is 5.91 Å². The molecule has 1 fully saturated rings. The van der Waals surface area contributed by atoms with Gasteiger partial charge < -0.3 is 4.90 Å². The molecule has 6 heteroatoms. The van der Waals surface area contributed by atoms with Gasteiger partial charge in [-0.15, -0.1) is 0 Å². The lowest BCUT2D eigenvalue weighted by Gasteiger charge is -2.14. The predicted octanol–water partition coefficient (Wildman–Crippen LogP) is 2.23. The second kappa shape index (κ2) is 6.07. The third kappa shape index (κ3) is 3.37. The Kier molecular flexibility index (Phi) is 4.42. The van der Waals surface area contributed by atoms with Crippen LogP contribution in [0, 0.1) is 17.5 Å². The summed E-state index contributed by atoms with van der Waals surface area (Å²) in [6.45, 7) is 1.26. The average Bonchev–Trinajstić information content (AvgIpc) is 2.89. The van der Waals surface area contributed by atoms with Crippen molar-refractivity contribution in [3.63, 3.8) is 0 Å². The minimum absolute atomic E-state index is 0.233. The molecule has 0 atom stereocenters. The predicted molar refractivity (Wildman–Crippen MR) is 65.5 cm³/mol. The van der Waals surface area contributed by atoms with Gasteiger partial charge in [0.15, 0.2) is 11.6 Å². The second-order valence-electron chi connectivity index (χ2n) is 4.84. The summed E-state index contributed by atoms with van der Waals surface area (Å²) in [7, 11) is 0. The van der Waals surface area contributed by atoms with Crippen LogP contribution in [-0.4, -0.2) is 29.7 Å². The quantitative estimate of drug-likeness (QED) is 0.628. The molecule has 0 spiro atoms. The molecule has 1 aromatic rings. The van der Waals surface area contributed by atoms with Crippen molar-refractivity contribution in [2.24, 2.45) is 0 Å². The zero-order valence-electron chi connectivity index (χ0n) is 10.8. The van der Waals surface area contributed by atoms with Crippen LogP contribution in [0.25, 0.3) is 0 Å². The highest BCUT2D eigenvalue weighted by molar-refractivity contribution is 5.98. The number of benzene rings is 1. The molecule has 0 saturated carbocycles. The standard InChI is InChI=1S/C14H14F3NO2/c15-11-8-13(17)12(16)6-9(11)5-10(19)7-14(20)18-3-1-2-4-18/h6,8H,1-5,7H2. The molecule has 2 rings (SSSR count). The fraction of sp³-hybridized carbons (Fsp3) is 0.429. The normalized spacial score (nSPS) is 14.7. The largest absolute Gasteiger partial charge is 0.342 e. The monoisotopic (exact) mass is 285 g/mol. The van der Waals surface area contributed by atoms with Crippen LogP contribution < -0.4 is 0 Å².